The third-order valence-corrected chi connectivity index (χ3v) is 4.41. The Hall–Kier alpha value is -0.440. The molecule has 0 aliphatic rings. The molecule has 1 atom stereocenters. The van der Waals surface area contributed by atoms with Crippen LogP contribution in [0.1, 0.15) is 32.6 Å². The predicted molar refractivity (Wildman–Crippen MR) is 83.7 cm³/mol. The van der Waals surface area contributed by atoms with E-state index < -0.39 is 0 Å². The highest BCUT2D eigenvalue weighted by atomic mass is 35.5. The summed E-state index contributed by atoms with van der Waals surface area (Å²) in [7, 11) is 0. The van der Waals surface area contributed by atoms with Crippen LogP contribution in [0.4, 0.5) is 0 Å². The van der Waals surface area contributed by atoms with Gasteiger partial charge in [0.05, 0.1) is 21.1 Å². The number of imidazole rings is 1. The number of halogens is 3. The van der Waals surface area contributed by atoms with Crippen LogP contribution in [0.5, 0.6) is 0 Å². The first-order chi connectivity index (χ1) is 8.95. The lowest BCUT2D eigenvalue weighted by atomic mass is 10.1. The van der Waals surface area contributed by atoms with Gasteiger partial charge in [-0.2, -0.15) is 0 Å². The maximum atomic E-state index is 6.13. The van der Waals surface area contributed by atoms with Gasteiger partial charge in [-0.1, -0.05) is 37.0 Å². The average molecular weight is 320 g/mol. The Bertz CT molecular complexity index is 590. The van der Waals surface area contributed by atoms with Crippen molar-refractivity contribution in [3.05, 3.63) is 28.0 Å². The van der Waals surface area contributed by atoms with E-state index in [-0.39, 0.29) is 0 Å². The van der Waals surface area contributed by atoms with Crippen molar-refractivity contribution in [2.45, 2.75) is 33.2 Å². The number of rotatable bonds is 4. The number of alkyl halides is 1. The Morgan fingerprint density at radius 2 is 1.79 bits per heavy atom. The molecule has 104 valence electrons. The average Bonchev–Trinajstić information content (AvgIpc) is 2.66. The van der Waals surface area contributed by atoms with Gasteiger partial charge in [-0.05, 0) is 25.0 Å². The number of hydrogen-bond acceptors (Lipinski definition) is 1. The third kappa shape index (κ3) is 2.86. The lowest BCUT2D eigenvalue weighted by Crippen LogP contribution is -2.15. The molecule has 1 heterocycles. The van der Waals surface area contributed by atoms with Gasteiger partial charge in [-0.15, -0.1) is 11.6 Å². The molecule has 0 amide bonds. The van der Waals surface area contributed by atoms with Crippen molar-refractivity contribution >= 4 is 45.8 Å². The second kappa shape index (κ2) is 5.90. The summed E-state index contributed by atoms with van der Waals surface area (Å²) in [4.78, 5) is 4.64. The van der Waals surface area contributed by atoms with Crippen LogP contribution < -0.4 is 0 Å². The topological polar surface area (TPSA) is 17.8 Å². The highest BCUT2D eigenvalue weighted by Crippen LogP contribution is 2.32. The standard InChI is InChI=1S/C14H17Cl3N2/c1-8(2)9(3)19-13-7-11(17)10(16)6-12(13)18-14(19)4-5-15/h6-9H,4-5H2,1-3H3. The molecule has 0 saturated heterocycles. The largest absolute Gasteiger partial charge is 0.325 e. The summed E-state index contributed by atoms with van der Waals surface area (Å²) in [5, 5.41) is 1.09. The van der Waals surface area contributed by atoms with Crippen molar-refractivity contribution in [1.82, 2.24) is 9.55 Å². The zero-order valence-corrected chi connectivity index (χ0v) is 13.5. The molecule has 2 aromatic rings. The molecule has 0 bridgehead atoms. The van der Waals surface area contributed by atoms with Crippen molar-refractivity contribution in [1.29, 1.82) is 0 Å². The van der Waals surface area contributed by atoms with Crippen LogP contribution in [0.15, 0.2) is 12.1 Å². The number of aromatic nitrogens is 2. The molecule has 1 aromatic carbocycles. The lowest BCUT2D eigenvalue weighted by Gasteiger charge is -2.21. The Balaban J connectivity index is 2.68. The van der Waals surface area contributed by atoms with E-state index in [9.17, 15) is 0 Å². The van der Waals surface area contributed by atoms with Crippen molar-refractivity contribution in [3.63, 3.8) is 0 Å². The molecule has 0 aliphatic carbocycles. The van der Waals surface area contributed by atoms with Gasteiger partial charge in [0.25, 0.3) is 0 Å². The maximum absolute atomic E-state index is 6.13. The van der Waals surface area contributed by atoms with Gasteiger partial charge < -0.3 is 4.57 Å². The molecule has 0 radical (unpaired) electrons. The second-order valence-electron chi connectivity index (χ2n) is 5.08. The predicted octanol–water partition coefficient (Wildman–Crippen LogP) is 5.34. The molecular formula is C14H17Cl3N2. The molecule has 0 fully saturated rings. The SMILES string of the molecule is CC(C)C(C)n1c(CCCl)nc2cc(Cl)c(Cl)cc21. The van der Waals surface area contributed by atoms with Crippen LogP contribution in [0, 0.1) is 5.92 Å². The molecule has 0 N–H and O–H groups in total. The van der Waals surface area contributed by atoms with Gasteiger partial charge in [-0.25, -0.2) is 4.98 Å². The number of fused-ring (bicyclic) bond motifs is 1. The minimum Gasteiger partial charge on any atom is -0.325 e. The molecule has 0 saturated carbocycles. The fourth-order valence-electron chi connectivity index (χ4n) is 2.15. The van der Waals surface area contributed by atoms with Crippen molar-refractivity contribution < 1.29 is 0 Å². The van der Waals surface area contributed by atoms with Crippen LogP contribution in [-0.2, 0) is 6.42 Å². The Kier molecular flexibility index (Phi) is 4.65. The summed E-state index contributed by atoms with van der Waals surface area (Å²) in [5.41, 5.74) is 1.90. The molecule has 1 unspecified atom stereocenters. The second-order valence-corrected chi connectivity index (χ2v) is 6.27. The summed E-state index contributed by atoms with van der Waals surface area (Å²) in [5.74, 6) is 2.04. The molecule has 0 aliphatic heterocycles. The minimum atomic E-state index is 0.334. The van der Waals surface area contributed by atoms with E-state index >= 15 is 0 Å². The monoisotopic (exact) mass is 318 g/mol. The normalized spacial score (nSPS) is 13.4. The summed E-state index contributed by atoms with van der Waals surface area (Å²) in [6, 6.07) is 4.05. The van der Waals surface area contributed by atoms with Crippen molar-refractivity contribution in [2.24, 2.45) is 5.92 Å². The molecule has 2 nitrogen and oxygen atoms in total. The summed E-state index contributed by atoms with van der Waals surface area (Å²) < 4.78 is 2.23. The zero-order valence-electron chi connectivity index (χ0n) is 11.3. The fraction of sp³-hybridized carbons (Fsp3) is 0.500. The van der Waals surface area contributed by atoms with E-state index in [0.29, 0.717) is 27.9 Å². The summed E-state index contributed by atoms with van der Waals surface area (Å²) in [6.45, 7) is 6.57. The number of hydrogen-bond donors (Lipinski definition) is 0. The summed E-state index contributed by atoms with van der Waals surface area (Å²) in [6.07, 6.45) is 0.739. The molecule has 0 spiro atoms. The fourth-order valence-corrected chi connectivity index (χ4v) is 2.64. The van der Waals surface area contributed by atoms with Crippen LogP contribution in [0.3, 0.4) is 0 Å². The summed E-state index contributed by atoms with van der Waals surface area (Å²) >= 11 is 18.1. The smallest absolute Gasteiger partial charge is 0.111 e. The van der Waals surface area contributed by atoms with Gasteiger partial charge in [0, 0.05) is 18.3 Å². The van der Waals surface area contributed by atoms with Crippen molar-refractivity contribution in [3.8, 4) is 0 Å². The van der Waals surface area contributed by atoms with E-state index in [1.807, 2.05) is 12.1 Å². The highest BCUT2D eigenvalue weighted by molar-refractivity contribution is 6.42. The first kappa shape index (κ1) is 15.0. The van der Waals surface area contributed by atoms with E-state index in [0.717, 1.165) is 23.3 Å². The molecule has 2 rings (SSSR count). The van der Waals surface area contributed by atoms with Crippen LogP contribution >= 0.6 is 34.8 Å². The molecular weight excluding hydrogens is 303 g/mol. The lowest BCUT2D eigenvalue weighted by molar-refractivity contribution is 0.407. The Morgan fingerprint density at radius 3 is 2.37 bits per heavy atom. The number of nitrogens with zero attached hydrogens (tertiary/aromatic N) is 2. The quantitative estimate of drug-likeness (QED) is 0.695. The number of benzene rings is 1. The van der Waals surface area contributed by atoms with E-state index in [1.165, 1.54) is 0 Å². The van der Waals surface area contributed by atoms with E-state index in [2.05, 4.69) is 30.3 Å². The molecule has 1 aromatic heterocycles. The van der Waals surface area contributed by atoms with Gasteiger partial charge in [0.1, 0.15) is 5.82 Å². The highest BCUT2D eigenvalue weighted by Gasteiger charge is 2.19. The van der Waals surface area contributed by atoms with Crippen molar-refractivity contribution in [2.75, 3.05) is 5.88 Å². The third-order valence-electron chi connectivity index (χ3n) is 3.49. The Labute approximate surface area is 128 Å². The molecule has 19 heavy (non-hydrogen) atoms. The van der Waals surface area contributed by atoms with E-state index in [4.69, 9.17) is 34.8 Å². The minimum absolute atomic E-state index is 0.334. The van der Waals surface area contributed by atoms with Crippen LogP contribution in [0.25, 0.3) is 11.0 Å². The van der Waals surface area contributed by atoms with E-state index in [1.54, 1.807) is 0 Å². The maximum Gasteiger partial charge on any atom is 0.111 e. The first-order valence-electron chi connectivity index (χ1n) is 6.37. The van der Waals surface area contributed by atoms with Crippen LogP contribution in [0.2, 0.25) is 10.0 Å². The first-order valence-corrected chi connectivity index (χ1v) is 7.66. The van der Waals surface area contributed by atoms with Crippen LogP contribution in [-0.4, -0.2) is 15.4 Å². The zero-order chi connectivity index (χ0) is 14.2. The van der Waals surface area contributed by atoms with Gasteiger partial charge in [0.15, 0.2) is 0 Å². The number of aryl methyl sites for hydroxylation is 1. The van der Waals surface area contributed by atoms with Gasteiger partial charge >= 0.3 is 0 Å². The van der Waals surface area contributed by atoms with Gasteiger partial charge in [-0.3, -0.25) is 0 Å². The molecule has 5 heteroatoms. The van der Waals surface area contributed by atoms with Gasteiger partial charge in [0.2, 0.25) is 0 Å². The Morgan fingerprint density at radius 1 is 1.16 bits per heavy atom.